The lowest BCUT2D eigenvalue weighted by Gasteiger charge is -2.27. The summed E-state index contributed by atoms with van der Waals surface area (Å²) in [4.78, 5) is 4.95. The van der Waals surface area contributed by atoms with E-state index in [0.29, 0.717) is 5.56 Å². The predicted molar refractivity (Wildman–Crippen MR) is 145 cm³/mol. The van der Waals surface area contributed by atoms with Crippen LogP contribution in [0.15, 0.2) is 109 Å². The van der Waals surface area contributed by atoms with E-state index in [9.17, 15) is 13.2 Å². The van der Waals surface area contributed by atoms with E-state index in [1.807, 2.05) is 74.5 Å². The first-order chi connectivity index (χ1) is 18.2. The summed E-state index contributed by atoms with van der Waals surface area (Å²) in [5.41, 5.74) is 4.47. The van der Waals surface area contributed by atoms with Crippen molar-refractivity contribution in [3.8, 4) is 5.75 Å². The maximum atomic E-state index is 13.7. The molecule has 0 amide bonds. The van der Waals surface area contributed by atoms with Gasteiger partial charge in [-0.05, 0) is 85.6 Å². The highest BCUT2D eigenvalue weighted by atomic mass is 19.4. The van der Waals surface area contributed by atoms with Crippen LogP contribution >= 0.6 is 0 Å². The largest absolute Gasteiger partial charge is 0.456 e. The zero-order valence-electron chi connectivity index (χ0n) is 20.8. The van der Waals surface area contributed by atoms with E-state index < -0.39 is 11.9 Å². The van der Waals surface area contributed by atoms with Crippen LogP contribution in [0.2, 0.25) is 0 Å². The van der Waals surface area contributed by atoms with E-state index >= 15 is 0 Å². The van der Waals surface area contributed by atoms with Gasteiger partial charge in [0.1, 0.15) is 11.5 Å². The zero-order valence-corrected chi connectivity index (χ0v) is 20.8. The molecule has 4 aromatic rings. The van der Waals surface area contributed by atoms with Crippen LogP contribution in [-0.2, 0) is 0 Å². The van der Waals surface area contributed by atoms with Gasteiger partial charge in [0.15, 0.2) is 0 Å². The number of hydrogen-bond acceptors (Lipinski definition) is 2. The number of benzene rings is 4. The first-order valence-electron chi connectivity index (χ1n) is 12.0. The highest BCUT2D eigenvalue weighted by Gasteiger charge is 2.39. The summed E-state index contributed by atoms with van der Waals surface area (Å²) in [6.07, 6.45) is -3.48. The Kier molecular flexibility index (Phi) is 6.52. The third-order valence-corrected chi connectivity index (χ3v) is 6.24. The monoisotopic (exact) mass is 508 g/mol. The molecule has 6 heteroatoms. The Morgan fingerprint density at radius 1 is 0.763 bits per heavy atom. The van der Waals surface area contributed by atoms with Crippen LogP contribution in [0.4, 0.5) is 30.2 Å². The van der Waals surface area contributed by atoms with Crippen molar-refractivity contribution in [3.63, 3.8) is 0 Å². The predicted octanol–water partition coefficient (Wildman–Crippen LogP) is 9.40. The van der Waals surface area contributed by atoms with Crippen LogP contribution < -0.4 is 9.64 Å². The highest BCUT2D eigenvalue weighted by molar-refractivity contribution is 5.91. The number of alkyl halides is 3. The van der Waals surface area contributed by atoms with E-state index in [4.69, 9.17) is 11.3 Å². The van der Waals surface area contributed by atoms with Crippen molar-refractivity contribution < 1.29 is 17.9 Å². The SMILES string of the molecule is [C-]#[N+]/C(=C1/C=C(c2ccc(N(c3cccc(C)c3)c3cccc(C)c3)cc2)Oc2ccccc21)C(F)(F)F. The van der Waals surface area contributed by atoms with Crippen molar-refractivity contribution >= 4 is 28.4 Å². The molecule has 0 saturated carbocycles. The molecule has 0 saturated heterocycles. The topological polar surface area (TPSA) is 16.8 Å². The molecule has 188 valence electrons. The van der Waals surface area contributed by atoms with E-state index in [0.717, 1.165) is 28.2 Å². The van der Waals surface area contributed by atoms with Gasteiger partial charge in [-0.1, -0.05) is 42.5 Å². The van der Waals surface area contributed by atoms with Gasteiger partial charge in [0.2, 0.25) is 0 Å². The Morgan fingerprint density at radius 2 is 1.37 bits per heavy atom. The minimum atomic E-state index is -4.78. The smallest absolute Gasteiger partial charge is 0.420 e. The summed E-state index contributed by atoms with van der Waals surface area (Å²) in [6.45, 7) is 11.3. The van der Waals surface area contributed by atoms with Gasteiger partial charge in [0.25, 0.3) is 5.70 Å². The highest BCUT2D eigenvalue weighted by Crippen LogP contribution is 2.43. The fraction of sp³-hybridized carbons (Fsp3) is 0.0938. The first kappa shape index (κ1) is 24.9. The molecule has 1 aliphatic rings. The first-order valence-corrected chi connectivity index (χ1v) is 12.0. The van der Waals surface area contributed by atoms with Gasteiger partial charge in [0, 0.05) is 33.8 Å². The van der Waals surface area contributed by atoms with Crippen LogP contribution in [0.3, 0.4) is 0 Å². The van der Waals surface area contributed by atoms with Gasteiger partial charge >= 0.3 is 6.18 Å². The van der Waals surface area contributed by atoms with Crippen molar-refractivity contribution in [2.45, 2.75) is 20.0 Å². The molecule has 0 N–H and O–H groups in total. The molecule has 5 rings (SSSR count). The Hall–Kier alpha value is -4.76. The normalized spacial score (nSPS) is 14.1. The summed E-state index contributed by atoms with van der Waals surface area (Å²) in [5, 5.41) is 0. The van der Waals surface area contributed by atoms with E-state index in [-0.39, 0.29) is 22.6 Å². The molecule has 1 aliphatic heterocycles. The number of hydrogen-bond donors (Lipinski definition) is 0. The maximum absolute atomic E-state index is 13.7. The summed E-state index contributed by atoms with van der Waals surface area (Å²) >= 11 is 0. The van der Waals surface area contributed by atoms with Gasteiger partial charge in [-0.25, -0.2) is 4.85 Å². The second kappa shape index (κ2) is 9.95. The number of aryl methyl sites for hydroxylation is 2. The summed E-state index contributed by atoms with van der Waals surface area (Å²) in [5.74, 6) is 0.518. The molecule has 0 fully saturated rings. The number of nitrogens with zero attached hydrogens (tertiary/aromatic N) is 2. The molecule has 4 aromatic carbocycles. The lowest BCUT2D eigenvalue weighted by molar-refractivity contribution is -0.0878. The van der Waals surface area contributed by atoms with Gasteiger partial charge in [0.05, 0.1) is 6.57 Å². The molecular formula is C32H23F3N2O. The van der Waals surface area contributed by atoms with Crippen molar-refractivity contribution in [2.75, 3.05) is 4.90 Å². The second-order valence-corrected chi connectivity index (χ2v) is 9.04. The lowest BCUT2D eigenvalue weighted by atomic mass is 9.97. The van der Waals surface area contributed by atoms with Gasteiger partial charge < -0.3 is 9.64 Å². The molecule has 0 spiro atoms. The average Bonchev–Trinajstić information content (AvgIpc) is 2.89. The number of halogens is 3. The molecule has 0 aromatic heterocycles. The number of allylic oxidation sites excluding steroid dienone is 3. The van der Waals surface area contributed by atoms with Gasteiger partial charge in [-0.3, -0.25) is 0 Å². The van der Waals surface area contributed by atoms with E-state index in [1.54, 1.807) is 18.2 Å². The number of fused-ring (bicyclic) bond motifs is 1. The Balaban J connectivity index is 1.59. The number of anilines is 3. The lowest BCUT2D eigenvalue weighted by Crippen LogP contribution is -2.13. The number of ether oxygens (including phenoxy) is 1. The summed E-state index contributed by atoms with van der Waals surface area (Å²) < 4.78 is 47.1. The third kappa shape index (κ3) is 4.91. The van der Waals surface area contributed by atoms with E-state index in [2.05, 4.69) is 21.9 Å². The Labute approximate surface area is 219 Å². The number of para-hydroxylation sites is 1. The fourth-order valence-corrected chi connectivity index (χ4v) is 4.51. The summed E-state index contributed by atoms with van der Waals surface area (Å²) in [6, 6.07) is 30.2. The quantitative estimate of drug-likeness (QED) is 0.255. The van der Waals surface area contributed by atoms with E-state index in [1.165, 1.54) is 12.1 Å². The third-order valence-electron chi connectivity index (χ3n) is 6.24. The standard InChI is InChI=1S/C32H23F3N2O/c1-21-8-6-10-25(18-21)37(26-11-7-9-22(2)19-26)24-16-14-23(15-17-24)30-20-28(31(36-3)32(33,34)35)27-12-4-5-13-29(27)38-30/h4-20H,1-2H3/b31-28-. The van der Waals surface area contributed by atoms with Crippen molar-refractivity contribution in [1.29, 1.82) is 0 Å². The molecule has 0 radical (unpaired) electrons. The van der Waals surface area contributed by atoms with Crippen molar-refractivity contribution in [2.24, 2.45) is 0 Å². The number of rotatable bonds is 4. The van der Waals surface area contributed by atoms with Gasteiger partial charge in [-0.15, -0.1) is 0 Å². The zero-order chi connectivity index (χ0) is 26.9. The maximum Gasteiger partial charge on any atom is 0.420 e. The summed E-state index contributed by atoms with van der Waals surface area (Å²) in [7, 11) is 0. The fourth-order valence-electron chi connectivity index (χ4n) is 4.51. The molecule has 0 bridgehead atoms. The molecule has 1 heterocycles. The molecule has 0 aliphatic carbocycles. The minimum absolute atomic E-state index is 0.199. The van der Waals surface area contributed by atoms with Crippen LogP contribution in [0.5, 0.6) is 5.75 Å². The average molecular weight is 509 g/mol. The van der Waals surface area contributed by atoms with Crippen molar-refractivity contribution in [1.82, 2.24) is 0 Å². The van der Waals surface area contributed by atoms with Crippen LogP contribution in [-0.4, -0.2) is 6.18 Å². The molecule has 0 unspecified atom stereocenters. The Bertz CT molecular complexity index is 1560. The molecule has 0 atom stereocenters. The molecular weight excluding hydrogens is 485 g/mol. The van der Waals surface area contributed by atoms with Crippen LogP contribution in [0.25, 0.3) is 16.2 Å². The molecule has 3 nitrogen and oxygen atoms in total. The van der Waals surface area contributed by atoms with Crippen LogP contribution in [0, 0.1) is 20.4 Å². The minimum Gasteiger partial charge on any atom is -0.456 e. The van der Waals surface area contributed by atoms with Crippen molar-refractivity contribution in [3.05, 3.63) is 143 Å². The molecule has 38 heavy (non-hydrogen) atoms. The van der Waals surface area contributed by atoms with Gasteiger partial charge in [-0.2, -0.15) is 13.2 Å². The second-order valence-electron chi connectivity index (χ2n) is 9.04. The Morgan fingerprint density at radius 3 is 1.92 bits per heavy atom. The van der Waals surface area contributed by atoms with Crippen LogP contribution in [0.1, 0.15) is 22.3 Å².